The van der Waals surface area contributed by atoms with E-state index in [1.165, 1.54) is 6.08 Å². The molecule has 0 heterocycles. The van der Waals surface area contributed by atoms with Crippen molar-refractivity contribution in [3.63, 3.8) is 0 Å². The van der Waals surface area contributed by atoms with Crippen LogP contribution in [0.3, 0.4) is 0 Å². The molecule has 0 aromatic heterocycles. The Balaban J connectivity index is 1.58. The number of hydrogen-bond donors (Lipinski definition) is 1. The number of amides is 1. The fraction of sp³-hybridized carbons (Fsp3) is 0.0870. The minimum Gasteiger partial charge on any atom is -0.497 e. The largest absolute Gasteiger partial charge is 0.497 e. The molecule has 0 aliphatic carbocycles. The molecule has 136 valence electrons. The molecule has 1 N–H and O–H groups in total. The average molecular weight is 359 g/mol. The van der Waals surface area contributed by atoms with Crippen LogP contribution in [0.1, 0.15) is 11.1 Å². The standard InChI is InChI=1S/C23H21NO3/c1-26-21-11-6-10-20(16-21)24-23(25)14-13-18-9-5-12-22(15-18)27-17-19-7-3-2-4-8-19/h2-16H,17H2,1H3,(H,24,25)/b14-13+. The number of ether oxygens (including phenoxy) is 2. The van der Waals surface area contributed by atoms with Crippen molar-refractivity contribution in [3.05, 3.63) is 96.1 Å². The average Bonchev–Trinajstić information content (AvgIpc) is 2.72. The Hall–Kier alpha value is -3.53. The molecule has 1 amide bonds. The molecule has 27 heavy (non-hydrogen) atoms. The lowest BCUT2D eigenvalue weighted by atomic mass is 10.2. The van der Waals surface area contributed by atoms with Crippen LogP contribution in [0.4, 0.5) is 5.69 Å². The smallest absolute Gasteiger partial charge is 0.248 e. The lowest BCUT2D eigenvalue weighted by Crippen LogP contribution is -2.07. The van der Waals surface area contributed by atoms with Crippen LogP contribution >= 0.6 is 0 Å². The van der Waals surface area contributed by atoms with Gasteiger partial charge in [0.2, 0.25) is 5.91 Å². The van der Waals surface area contributed by atoms with Crippen LogP contribution in [0.25, 0.3) is 6.08 Å². The molecule has 0 aliphatic heterocycles. The summed E-state index contributed by atoms with van der Waals surface area (Å²) in [6, 6.07) is 24.8. The summed E-state index contributed by atoms with van der Waals surface area (Å²) in [7, 11) is 1.59. The molecule has 0 atom stereocenters. The summed E-state index contributed by atoms with van der Waals surface area (Å²) >= 11 is 0. The molecule has 0 saturated heterocycles. The third-order valence-electron chi connectivity index (χ3n) is 3.87. The molecule has 3 aromatic carbocycles. The molecule has 0 unspecified atom stereocenters. The second-order valence-electron chi connectivity index (χ2n) is 5.90. The highest BCUT2D eigenvalue weighted by atomic mass is 16.5. The number of nitrogens with one attached hydrogen (secondary N) is 1. The molecule has 0 spiro atoms. The van der Waals surface area contributed by atoms with Gasteiger partial charge in [-0.05, 0) is 41.5 Å². The molecule has 0 bridgehead atoms. The zero-order chi connectivity index (χ0) is 18.9. The van der Waals surface area contributed by atoms with E-state index in [9.17, 15) is 4.79 Å². The topological polar surface area (TPSA) is 47.6 Å². The van der Waals surface area contributed by atoms with Gasteiger partial charge in [0.1, 0.15) is 18.1 Å². The number of hydrogen-bond acceptors (Lipinski definition) is 3. The first-order valence-electron chi connectivity index (χ1n) is 8.63. The van der Waals surface area contributed by atoms with Gasteiger partial charge in [0.25, 0.3) is 0 Å². The van der Waals surface area contributed by atoms with Gasteiger partial charge in [0.15, 0.2) is 0 Å². The van der Waals surface area contributed by atoms with Crippen molar-refractivity contribution in [2.75, 3.05) is 12.4 Å². The monoisotopic (exact) mass is 359 g/mol. The van der Waals surface area contributed by atoms with Crippen molar-refractivity contribution >= 4 is 17.7 Å². The third kappa shape index (κ3) is 5.75. The first-order chi connectivity index (χ1) is 13.2. The fourth-order valence-corrected chi connectivity index (χ4v) is 2.51. The van der Waals surface area contributed by atoms with Gasteiger partial charge in [-0.15, -0.1) is 0 Å². The van der Waals surface area contributed by atoms with E-state index < -0.39 is 0 Å². The van der Waals surface area contributed by atoms with E-state index in [2.05, 4.69) is 5.32 Å². The van der Waals surface area contributed by atoms with Crippen molar-refractivity contribution in [2.24, 2.45) is 0 Å². The van der Waals surface area contributed by atoms with Crippen molar-refractivity contribution in [3.8, 4) is 11.5 Å². The lowest BCUT2D eigenvalue weighted by Gasteiger charge is -2.07. The van der Waals surface area contributed by atoms with E-state index in [0.717, 1.165) is 16.9 Å². The summed E-state index contributed by atoms with van der Waals surface area (Å²) in [6.07, 6.45) is 3.25. The van der Waals surface area contributed by atoms with Crippen molar-refractivity contribution in [1.29, 1.82) is 0 Å². The third-order valence-corrected chi connectivity index (χ3v) is 3.87. The van der Waals surface area contributed by atoms with E-state index in [-0.39, 0.29) is 5.91 Å². The molecule has 0 fully saturated rings. The van der Waals surface area contributed by atoms with Crippen molar-refractivity contribution in [1.82, 2.24) is 0 Å². The van der Waals surface area contributed by atoms with Crippen LogP contribution in [0.2, 0.25) is 0 Å². The zero-order valence-corrected chi connectivity index (χ0v) is 15.1. The minimum absolute atomic E-state index is 0.209. The second kappa shape index (κ2) is 9.25. The predicted molar refractivity (Wildman–Crippen MR) is 108 cm³/mol. The van der Waals surface area contributed by atoms with Crippen LogP contribution in [0, 0.1) is 0 Å². The number of carbonyl (C=O) groups excluding carboxylic acids is 1. The number of benzene rings is 3. The maximum Gasteiger partial charge on any atom is 0.248 e. The fourth-order valence-electron chi connectivity index (χ4n) is 2.51. The Morgan fingerprint density at radius 3 is 2.52 bits per heavy atom. The highest BCUT2D eigenvalue weighted by molar-refractivity contribution is 6.02. The number of rotatable bonds is 7. The molecule has 0 aliphatic rings. The molecule has 4 heteroatoms. The molecular formula is C23H21NO3. The summed E-state index contributed by atoms with van der Waals surface area (Å²) in [5.74, 6) is 1.24. The maximum atomic E-state index is 12.1. The van der Waals surface area contributed by atoms with Gasteiger partial charge in [-0.1, -0.05) is 48.5 Å². The Morgan fingerprint density at radius 1 is 0.926 bits per heavy atom. The number of anilines is 1. The highest BCUT2D eigenvalue weighted by Crippen LogP contribution is 2.18. The Morgan fingerprint density at radius 2 is 1.70 bits per heavy atom. The first-order valence-corrected chi connectivity index (χ1v) is 8.63. The molecule has 4 nitrogen and oxygen atoms in total. The van der Waals surface area contributed by atoms with Crippen LogP contribution in [-0.4, -0.2) is 13.0 Å². The zero-order valence-electron chi connectivity index (χ0n) is 15.1. The Kier molecular flexibility index (Phi) is 6.26. The van der Waals surface area contributed by atoms with E-state index in [1.54, 1.807) is 19.3 Å². The molecule has 3 rings (SSSR count). The van der Waals surface area contributed by atoms with E-state index in [4.69, 9.17) is 9.47 Å². The number of methoxy groups -OCH3 is 1. The maximum absolute atomic E-state index is 12.1. The van der Waals surface area contributed by atoms with Crippen LogP contribution in [0.5, 0.6) is 11.5 Å². The van der Waals surface area contributed by atoms with E-state index >= 15 is 0 Å². The Labute approximate surface area is 159 Å². The van der Waals surface area contributed by atoms with Gasteiger partial charge >= 0.3 is 0 Å². The van der Waals surface area contributed by atoms with Crippen LogP contribution in [-0.2, 0) is 11.4 Å². The normalized spacial score (nSPS) is 10.6. The van der Waals surface area contributed by atoms with Crippen LogP contribution in [0.15, 0.2) is 84.9 Å². The second-order valence-corrected chi connectivity index (χ2v) is 5.90. The predicted octanol–water partition coefficient (Wildman–Crippen LogP) is 4.93. The van der Waals surface area contributed by atoms with Gasteiger partial charge in [-0.2, -0.15) is 0 Å². The molecular weight excluding hydrogens is 338 g/mol. The summed E-state index contributed by atoms with van der Waals surface area (Å²) < 4.78 is 11.0. The van der Waals surface area contributed by atoms with Gasteiger partial charge in [0, 0.05) is 17.8 Å². The SMILES string of the molecule is COc1cccc(NC(=O)/C=C/c2cccc(OCc3ccccc3)c2)c1. The van der Waals surface area contributed by atoms with Gasteiger partial charge in [-0.3, -0.25) is 4.79 Å². The molecule has 3 aromatic rings. The van der Waals surface area contributed by atoms with Crippen LogP contribution < -0.4 is 14.8 Å². The van der Waals surface area contributed by atoms with Gasteiger partial charge in [0.05, 0.1) is 7.11 Å². The number of carbonyl (C=O) groups is 1. The minimum atomic E-state index is -0.209. The van der Waals surface area contributed by atoms with Crippen molar-refractivity contribution < 1.29 is 14.3 Å². The Bertz CT molecular complexity index is 920. The lowest BCUT2D eigenvalue weighted by molar-refractivity contribution is -0.111. The first kappa shape index (κ1) is 18.3. The van der Waals surface area contributed by atoms with E-state index in [1.807, 2.05) is 72.8 Å². The summed E-state index contributed by atoms with van der Waals surface area (Å²) in [4.78, 5) is 12.1. The van der Waals surface area contributed by atoms with Gasteiger partial charge in [-0.25, -0.2) is 0 Å². The quantitative estimate of drug-likeness (QED) is 0.609. The van der Waals surface area contributed by atoms with Crippen molar-refractivity contribution in [2.45, 2.75) is 6.61 Å². The summed E-state index contributed by atoms with van der Waals surface area (Å²) in [5, 5.41) is 2.81. The van der Waals surface area contributed by atoms with Gasteiger partial charge < -0.3 is 14.8 Å². The summed E-state index contributed by atoms with van der Waals surface area (Å²) in [6.45, 7) is 0.504. The summed E-state index contributed by atoms with van der Waals surface area (Å²) in [5.41, 5.74) is 2.68. The highest BCUT2D eigenvalue weighted by Gasteiger charge is 2.01. The molecule has 0 radical (unpaired) electrons. The van der Waals surface area contributed by atoms with E-state index in [0.29, 0.717) is 18.0 Å². The molecule has 0 saturated carbocycles.